The van der Waals surface area contributed by atoms with Gasteiger partial charge in [0.25, 0.3) is 0 Å². The highest BCUT2D eigenvalue weighted by atomic mass is 16.5. The van der Waals surface area contributed by atoms with Crippen molar-refractivity contribution >= 4 is 17.1 Å². The molecule has 0 fully saturated rings. The predicted octanol–water partition coefficient (Wildman–Crippen LogP) is 1.17. The van der Waals surface area contributed by atoms with Crippen LogP contribution in [-0.2, 0) is 4.79 Å². The van der Waals surface area contributed by atoms with Crippen LogP contribution in [0.5, 0.6) is 5.75 Å². The summed E-state index contributed by atoms with van der Waals surface area (Å²) >= 11 is 0. The number of aliphatic hydroxyl groups excluding tert-OH is 5. The van der Waals surface area contributed by atoms with E-state index in [1.165, 1.54) is 27.8 Å². The van der Waals surface area contributed by atoms with Crippen LogP contribution in [0.4, 0.5) is 0 Å². The van der Waals surface area contributed by atoms with Crippen LogP contribution < -0.4 is 9.84 Å². The first-order valence-corrected chi connectivity index (χ1v) is 13.4. The Bertz CT molecular complexity index is 1200. The van der Waals surface area contributed by atoms with Crippen molar-refractivity contribution in [3.8, 4) is 5.75 Å². The lowest BCUT2D eigenvalue weighted by atomic mass is 9.88. The number of benzene rings is 3. The molecule has 0 heterocycles. The van der Waals surface area contributed by atoms with Gasteiger partial charge in [0.2, 0.25) is 0 Å². The molecule has 3 rings (SSSR count). The van der Waals surface area contributed by atoms with Gasteiger partial charge in [0.15, 0.2) is 0 Å². The maximum atomic E-state index is 9.98. The molecule has 0 aliphatic heterocycles. The summed E-state index contributed by atoms with van der Waals surface area (Å²) in [7, 11) is 4.11. The summed E-state index contributed by atoms with van der Waals surface area (Å²) in [6, 6.07) is 29.8. The van der Waals surface area contributed by atoms with E-state index in [0.29, 0.717) is 6.61 Å². The summed E-state index contributed by atoms with van der Waals surface area (Å²) in [5.41, 5.74) is 6.37. The van der Waals surface area contributed by atoms with Crippen molar-refractivity contribution in [3.63, 3.8) is 0 Å². The van der Waals surface area contributed by atoms with Crippen molar-refractivity contribution in [2.45, 2.75) is 37.8 Å². The molecular formula is C32H40NO8-. The largest absolute Gasteiger partial charge is 0.547 e. The number of aliphatic hydroxyl groups is 5. The van der Waals surface area contributed by atoms with Gasteiger partial charge in [0.1, 0.15) is 36.8 Å². The van der Waals surface area contributed by atoms with Gasteiger partial charge in [0.05, 0.1) is 12.6 Å². The molecule has 9 heteroatoms. The van der Waals surface area contributed by atoms with Crippen LogP contribution in [0.15, 0.2) is 84.9 Å². The SMILES string of the molecule is CC/C(=C(\c1ccccc1)c1ccc(OCCN(C)C)cc1)c1ccccc1.O=C([O-])[C@H](O)[C@@H](O)[C@H](O)[C@H](O)CO. The Morgan fingerprint density at radius 1 is 0.805 bits per heavy atom. The average molecular weight is 567 g/mol. The second-order valence-electron chi connectivity index (χ2n) is 9.61. The highest BCUT2D eigenvalue weighted by Crippen LogP contribution is 2.34. The van der Waals surface area contributed by atoms with Crippen molar-refractivity contribution in [2.75, 3.05) is 33.9 Å². The van der Waals surface area contributed by atoms with E-state index in [0.717, 1.165) is 18.7 Å². The average Bonchev–Trinajstić information content (AvgIpc) is 2.99. The van der Waals surface area contributed by atoms with Crippen LogP contribution in [0.3, 0.4) is 0 Å². The number of aliphatic carboxylic acids is 1. The fraction of sp³-hybridized carbons (Fsp3) is 0.344. The number of hydrogen-bond acceptors (Lipinski definition) is 9. The molecule has 3 aromatic carbocycles. The molecular weight excluding hydrogens is 526 g/mol. The van der Waals surface area contributed by atoms with Crippen molar-refractivity contribution in [1.82, 2.24) is 4.90 Å². The van der Waals surface area contributed by atoms with Crippen molar-refractivity contribution < 1.29 is 40.2 Å². The van der Waals surface area contributed by atoms with Crippen LogP contribution >= 0.6 is 0 Å². The van der Waals surface area contributed by atoms with E-state index in [-0.39, 0.29) is 0 Å². The number of hydrogen-bond donors (Lipinski definition) is 5. The molecule has 9 nitrogen and oxygen atoms in total. The van der Waals surface area contributed by atoms with Crippen LogP contribution in [0.2, 0.25) is 0 Å². The standard InChI is InChI=1S/C26H29NO.C6H12O7/c1-4-25(21-11-7-5-8-12-21)26(22-13-9-6-10-14-22)23-15-17-24(18-16-23)28-20-19-27(2)3;7-1-2(8)3(9)4(10)5(11)6(12)13/h5-18H,4,19-20H2,1-3H3;2-5,7-11H,1H2,(H,12,13)/p-1/b26-25-;/t;2-,3-,4+,5-/m.1/s1. The smallest absolute Gasteiger partial charge is 0.122 e. The minimum Gasteiger partial charge on any atom is -0.547 e. The van der Waals surface area contributed by atoms with Gasteiger partial charge in [-0.15, -0.1) is 0 Å². The van der Waals surface area contributed by atoms with E-state index < -0.39 is 37.0 Å². The lowest BCUT2D eigenvalue weighted by Crippen LogP contribution is -2.52. The van der Waals surface area contributed by atoms with Crippen molar-refractivity contribution in [3.05, 3.63) is 102 Å². The lowest BCUT2D eigenvalue weighted by molar-refractivity contribution is -0.320. The van der Waals surface area contributed by atoms with E-state index in [9.17, 15) is 9.90 Å². The van der Waals surface area contributed by atoms with Crippen LogP contribution in [0.25, 0.3) is 11.1 Å². The Morgan fingerprint density at radius 3 is 1.78 bits per heavy atom. The minimum atomic E-state index is -2.31. The first-order chi connectivity index (χ1) is 19.6. The van der Waals surface area contributed by atoms with Crippen molar-refractivity contribution in [1.29, 1.82) is 0 Å². The van der Waals surface area contributed by atoms with Crippen LogP contribution in [0.1, 0.15) is 30.0 Å². The Kier molecular flexibility index (Phi) is 14.2. The van der Waals surface area contributed by atoms with Crippen LogP contribution in [0, 0.1) is 0 Å². The minimum absolute atomic E-state index is 0.692. The molecule has 3 aromatic rings. The molecule has 0 aliphatic rings. The zero-order chi connectivity index (χ0) is 30.4. The van der Waals surface area contributed by atoms with Crippen LogP contribution in [-0.4, -0.2) is 94.7 Å². The maximum absolute atomic E-state index is 9.98. The van der Waals surface area contributed by atoms with Crippen molar-refractivity contribution in [2.24, 2.45) is 0 Å². The fourth-order valence-electron chi connectivity index (χ4n) is 4.01. The summed E-state index contributed by atoms with van der Waals surface area (Å²) in [5, 5.41) is 53.4. The summed E-state index contributed by atoms with van der Waals surface area (Å²) in [5.74, 6) is -1.06. The molecule has 0 aromatic heterocycles. The Morgan fingerprint density at radius 2 is 1.32 bits per heavy atom. The molecule has 0 spiro atoms. The Balaban J connectivity index is 0.000000383. The highest BCUT2D eigenvalue weighted by Gasteiger charge is 2.30. The maximum Gasteiger partial charge on any atom is 0.122 e. The number of carboxylic acids is 1. The van der Waals surface area contributed by atoms with E-state index in [2.05, 4.69) is 111 Å². The van der Waals surface area contributed by atoms with E-state index >= 15 is 0 Å². The molecule has 0 saturated carbocycles. The molecule has 222 valence electrons. The number of allylic oxidation sites excluding steroid dienone is 1. The molecule has 0 bridgehead atoms. The van der Waals surface area contributed by atoms with Gasteiger partial charge in [-0.3, -0.25) is 0 Å². The van der Waals surface area contributed by atoms with Gasteiger partial charge in [-0.05, 0) is 60.5 Å². The second kappa shape index (κ2) is 17.3. The number of carbonyl (C=O) groups is 1. The third kappa shape index (κ3) is 10.4. The first kappa shape index (κ1) is 33.6. The molecule has 0 aliphatic carbocycles. The summed E-state index contributed by atoms with van der Waals surface area (Å²) in [6.07, 6.45) is -7.11. The lowest BCUT2D eigenvalue weighted by Gasteiger charge is -2.25. The molecule has 4 atom stereocenters. The van der Waals surface area contributed by atoms with E-state index in [1.807, 2.05) is 0 Å². The quantitative estimate of drug-likeness (QED) is 0.192. The number of likely N-dealkylation sites (N-methyl/N-ethyl adjacent to an activating group) is 1. The molecule has 5 N–H and O–H groups in total. The van der Waals surface area contributed by atoms with Gasteiger partial charge < -0.3 is 45.1 Å². The Hall–Kier alpha value is -3.57. The summed E-state index contributed by atoms with van der Waals surface area (Å²) in [6.45, 7) is 2.96. The van der Waals surface area contributed by atoms with E-state index in [1.54, 1.807) is 0 Å². The Labute approximate surface area is 241 Å². The summed E-state index contributed by atoms with van der Waals surface area (Å²) in [4.78, 5) is 12.1. The zero-order valence-electron chi connectivity index (χ0n) is 23.6. The van der Waals surface area contributed by atoms with Gasteiger partial charge in [-0.25, -0.2) is 0 Å². The number of nitrogens with zero attached hydrogens (tertiary/aromatic N) is 1. The topological polar surface area (TPSA) is 154 Å². The third-order valence-corrected chi connectivity index (χ3v) is 6.29. The highest BCUT2D eigenvalue weighted by molar-refractivity contribution is 5.98. The predicted molar refractivity (Wildman–Crippen MR) is 156 cm³/mol. The van der Waals surface area contributed by atoms with Gasteiger partial charge >= 0.3 is 0 Å². The van der Waals surface area contributed by atoms with Gasteiger partial charge in [-0.1, -0.05) is 79.7 Å². The molecule has 0 amide bonds. The number of carboxylic acid groups (broad SMARTS) is 1. The first-order valence-electron chi connectivity index (χ1n) is 13.4. The number of rotatable bonds is 13. The van der Waals surface area contributed by atoms with Gasteiger partial charge in [0, 0.05) is 6.54 Å². The third-order valence-electron chi connectivity index (χ3n) is 6.29. The normalized spacial score (nSPS) is 14.7. The fourth-order valence-corrected chi connectivity index (χ4v) is 4.01. The monoisotopic (exact) mass is 566 g/mol. The zero-order valence-corrected chi connectivity index (χ0v) is 23.6. The van der Waals surface area contributed by atoms with E-state index in [4.69, 9.17) is 30.3 Å². The molecule has 41 heavy (non-hydrogen) atoms. The number of carbonyl (C=O) groups excluding carboxylic acids is 1. The molecule has 0 radical (unpaired) electrons. The number of ether oxygens (including phenoxy) is 1. The van der Waals surface area contributed by atoms with Gasteiger partial charge in [-0.2, -0.15) is 0 Å². The second-order valence-corrected chi connectivity index (χ2v) is 9.61. The summed E-state index contributed by atoms with van der Waals surface area (Å²) < 4.78 is 5.87. The molecule has 0 saturated heterocycles. The molecule has 0 unspecified atom stereocenters.